The molecule has 2 heterocycles. The Kier molecular flexibility index (Phi) is 3.19. The normalized spacial score (nSPS) is 35.9. The third-order valence-electron chi connectivity index (χ3n) is 5.17. The standard InChI is InChI=1S/C17H21ClO2/c18-11-17(7-8-19-16(17)12-5-6-12)10-14-9-13-3-1-2-4-15(13)20-14/h1-4,12,14,16H,5-11H2. The molecule has 0 aromatic heterocycles. The highest BCUT2D eigenvalue weighted by Gasteiger charge is 2.51. The van der Waals surface area contributed by atoms with Crippen molar-refractivity contribution in [3.63, 3.8) is 0 Å². The van der Waals surface area contributed by atoms with E-state index in [0.29, 0.717) is 12.0 Å². The van der Waals surface area contributed by atoms with Crippen LogP contribution < -0.4 is 4.74 Å². The number of benzene rings is 1. The Bertz CT molecular complexity index is 475. The van der Waals surface area contributed by atoms with E-state index in [1.54, 1.807) is 0 Å². The van der Waals surface area contributed by atoms with Gasteiger partial charge in [-0.15, -0.1) is 11.6 Å². The van der Waals surface area contributed by atoms with Gasteiger partial charge in [0.25, 0.3) is 0 Å². The van der Waals surface area contributed by atoms with Gasteiger partial charge >= 0.3 is 0 Å². The number of alkyl halides is 1. The molecule has 0 bridgehead atoms. The molecule has 1 saturated heterocycles. The molecule has 0 spiro atoms. The van der Waals surface area contributed by atoms with Crippen molar-refractivity contribution in [3.8, 4) is 5.75 Å². The molecule has 108 valence electrons. The first kappa shape index (κ1) is 13.0. The van der Waals surface area contributed by atoms with Gasteiger partial charge in [-0.3, -0.25) is 0 Å². The largest absolute Gasteiger partial charge is 0.490 e. The molecule has 3 aliphatic rings. The first-order valence-corrected chi connectivity index (χ1v) is 8.26. The smallest absolute Gasteiger partial charge is 0.123 e. The van der Waals surface area contributed by atoms with Crippen LogP contribution in [0.15, 0.2) is 24.3 Å². The quantitative estimate of drug-likeness (QED) is 0.786. The van der Waals surface area contributed by atoms with Crippen molar-refractivity contribution in [3.05, 3.63) is 29.8 Å². The first-order chi connectivity index (χ1) is 9.81. The Balaban J connectivity index is 1.50. The number of hydrogen-bond donors (Lipinski definition) is 0. The van der Waals surface area contributed by atoms with E-state index in [-0.39, 0.29) is 11.5 Å². The molecule has 0 N–H and O–H groups in total. The number of rotatable bonds is 4. The van der Waals surface area contributed by atoms with Gasteiger partial charge in [0.1, 0.15) is 11.9 Å². The van der Waals surface area contributed by atoms with Crippen LogP contribution in [-0.2, 0) is 11.2 Å². The average molecular weight is 293 g/mol. The minimum Gasteiger partial charge on any atom is -0.490 e. The summed E-state index contributed by atoms with van der Waals surface area (Å²) in [7, 11) is 0. The molecule has 0 radical (unpaired) electrons. The van der Waals surface area contributed by atoms with Crippen LogP contribution in [0.5, 0.6) is 5.75 Å². The van der Waals surface area contributed by atoms with Crippen molar-refractivity contribution >= 4 is 11.6 Å². The molecule has 1 aromatic carbocycles. The van der Waals surface area contributed by atoms with Crippen LogP contribution in [0.3, 0.4) is 0 Å². The van der Waals surface area contributed by atoms with Crippen LogP contribution in [0.1, 0.15) is 31.2 Å². The van der Waals surface area contributed by atoms with Crippen molar-refractivity contribution in [2.24, 2.45) is 11.3 Å². The molecular weight excluding hydrogens is 272 g/mol. The van der Waals surface area contributed by atoms with E-state index in [4.69, 9.17) is 21.1 Å². The Labute approximate surface area is 125 Å². The van der Waals surface area contributed by atoms with Gasteiger partial charge in [0.05, 0.1) is 6.10 Å². The highest BCUT2D eigenvalue weighted by molar-refractivity contribution is 6.18. The number of fused-ring (bicyclic) bond motifs is 1. The van der Waals surface area contributed by atoms with Crippen molar-refractivity contribution < 1.29 is 9.47 Å². The summed E-state index contributed by atoms with van der Waals surface area (Å²) < 4.78 is 12.2. The van der Waals surface area contributed by atoms with E-state index < -0.39 is 0 Å². The monoisotopic (exact) mass is 292 g/mol. The average Bonchev–Trinajstić information content (AvgIpc) is 3.09. The zero-order valence-corrected chi connectivity index (χ0v) is 12.4. The third kappa shape index (κ3) is 2.14. The van der Waals surface area contributed by atoms with Crippen molar-refractivity contribution in [2.75, 3.05) is 12.5 Å². The van der Waals surface area contributed by atoms with Gasteiger partial charge in [-0.1, -0.05) is 18.2 Å². The Hall–Kier alpha value is -0.730. The topological polar surface area (TPSA) is 18.5 Å². The molecule has 1 aromatic rings. The first-order valence-electron chi connectivity index (χ1n) is 7.73. The summed E-state index contributed by atoms with van der Waals surface area (Å²) in [6.07, 6.45) is 6.41. The summed E-state index contributed by atoms with van der Waals surface area (Å²) in [6.45, 7) is 0.869. The summed E-state index contributed by atoms with van der Waals surface area (Å²) in [4.78, 5) is 0. The summed E-state index contributed by atoms with van der Waals surface area (Å²) >= 11 is 6.39. The fourth-order valence-corrected chi connectivity index (χ4v) is 4.37. The molecule has 2 aliphatic heterocycles. The molecule has 1 saturated carbocycles. The number of ether oxygens (including phenoxy) is 2. The highest BCUT2D eigenvalue weighted by Crippen LogP contribution is 2.51. The van der Waals surface area contributed by atoms with Gasteiger partial charge in [-0.05, 0) is 43.2 Å². The lowest BCUT2D eigenvalue weighted by atomic mass is 9.75. The number of hydrogen-bond acceptors (Lipinski definition) is 2. The molecule has 3 heteroatoms. The van der Waals surface area contributed by atoms with Crippen molar-refractivity contribution in [1.29, 1.82) is 0 Å². The molecule has 2 nitrogen and oxygen atoms in total. The maximum Gasteiger partial charge on any atom is 0.123 e. The van der Waals surface area contributed by atoms with Crippen LogP contribution in [0.4, 0.5) is 0 Å². The van der Waals surface area contributed by atoms with E-state index in [2.05, 4.69) is 18.2 Å². The van der Waals surface area contributed by atoms with Gasteiger partial charge < -0.3 is 9.47 Å². The molecule has 3 unspecified atom stereocenters. The van der Waals surface area contributed by atoms with E-state index in [1.807, 2.05) is 6.07 Å². The van der Waals surface area contributed by atoms with Crippen molar-refractivity contribution in [2.45, 2.75) is 44.3 Å². The van der Waals surface area contributed by atoms with Crippen molar-refractivity contribution in [1.82, 2.24) is 0 Å². The molecule has 20 heavy (non-hydrogen) atoms. The Morgan fingerprint density at radius 3 is 2.85 bits per heavy atom. The molecular formula is C17H21ClO2. The second-order valence-corrected chi connectivity index (χ2v) is 6.90. The lowest BCUT2D eigenvalue weighted by Gasteiger charge is -2.34. The number of para-hydroxylation sites is 1. The Morgan fingerprint density at radius 1 is 1.25 bits per heavy atom. The van der Waals surface area contributed by atoms with E-state index >= 15 is 0 Å². The lowest BCUT2D eigenvalue weighted by molar-refractivity contribution is 0.0205. The van der Waals surface area contributed by atoms with E-state index in [0.717, 1.165) is 37.5 Å². The van der Waals surface area contributed by atoms with Crippen LogP contribution >= 0.6 is 11.6 Å². The summed E-state index contributed by atoms with van der Waals surface area (Å²) in [5.41, 5.74) is 1.47. The summed E-state index contributed by atoms with van der Waals surface area (Å²) in [5.74, 6) is 2.51. The maximum atomic E-state index is 6.39. The minimum atomic E-state index is 0.134. The molecule has 0 amide bonds. The van der Waals surface area contributed by atoms with Crippen LogP contribution in [-0.4, -0.2) is 24.7 Å². The van der Waals surface area contributed by atoms with Crippen LogP contribution in [0.2, 0.25) is 0 Å². The van der Waals surface area contributed by atoms with Crippen LogP contribution in [0, 0.1) is 11.3 Å². The minimum absolute atomic E-state index is 0.134. The maximum absolute atomic E-state index is 6.39. The van der Waals surface area contributed by atoms with Gasteiger partial charge in [0.2, 0.25) is 0 Å². The predicted molar refractivity (Wildman–Crippen MR) is 79.4 cm³/mol. The lowest BCUT2D eigenvalue weighted by Crippen LogP contribution is -2.39. The highest BCUT2D eigenvalue weighted by atomic mass is 35.5. The molecule has 4 rings (SSSR count). The van der Waals surface area contributed by atoms with Gasteiger partial charge in [-0.2, -0.15) is 0 Å². The number of halogens is 1. The zero-order valence-electron chi connectivity index (χ0n) is 11.7. The molecule has 3 atom stereocenters. The van der Waals surface area contributed by atoms with E-state index in [1.165, 1.54) is 18.4 Å². The Morgan fingerprint density at radius 2 is 2.10 bits per heavy atom. The fraction of sp³-hybridized carbons (Fsp3) is 0.647. The summed E-state index contributed by atoms with van der Waals surface area (Å²) in [5, 5.41) is 0. The zero-order chi connectivity index (χ0) is 13.6. The predicted octanol–water partition coefficient (Wildman–Crippen LogP) is 3.80. The third-order valence-corrected chi connectivity index (χ3v) is 5.70. The van der Waals surface area contributed by atoms with Gasteiger partial charge in [0, 0.05) is 24.3 Å². The second kappa shape index (κ2) is 4.92. The van der Waals surface area contributed by atoms with Crippen LogP contribution in [0.25, 0.3) is 0 Å². The SMILES string of the molecule is ClCC1(CC2Cc3ccccc3O2)CCOC1C1CC1. The van der Waals surface area contributed by atoms with Gasteiger partial charge in [0.15, 0.2) is 0 Å². The van der Waals surface area contributed by atoms with E-state index in [9.17, 15) is 0 Å². The summed E-state index contributed by atoms with van der Waals surface area (Å²) in [6, 6.07) is 8.39. The second-order valence-electron chi connectivity index (χ2n) is 6.63. The molecule has 1 aliphatic carbocycles. The molecule has 2 fully saturated rings. The fourth-order valence-electron chi connectivity index (χ4n) is 3.98. The van der Waals surface area contributed by atoms with Gasteiger partial charge in [-0.25, -0.2) is 0 Å².